The van der Waals surface area contributed by atoms with E-state index in [9.17, 15) is 0 Å². The van der Waals surface area contributed by atoms with E-state index in [-0.39, 0.29) is 0 Å². The van der Waals surface area contributed by atoms with Gasteiger partial charge >= 0.3 is 0 Å². The van der Waals surface area contributed by atoms with Gasteiger partial charge in [0.15, 0.2) is 17.5 Å². The van der Waals surface area contributed by atoms with Gasteiger partial charge in [-0.15, -0.1) is 0 Å². The molecule has 5 nitrogen and oxygen atoms in total. The Balaban J connectivity index is 1.49. The Hall–Kier alpha value is -2.95. The van der Waals surface area contributed by atoms with Crippen LogP contribution in [-0.2, 0) is 6.42 Å². The number of likely N-dealkylation sites (tertiary alicyclic amines) is 1. The van der Waals surface area contributed by atoms with Gasteiger partial charge in [-0.2, -0.15) is 0 Å². The number of methoxy groups -OCH3 is 2. The Morgan fingerprint density at radius 3 is 2.41 bits per heavy atom. The van der Waals surface area contributed by atoms with Crippen LogP contribution in [0.4, 0.5) is 0 Å². The zero-order valence-corrected chi connectivity index (χ0v) is 17.6. The Morgan fingerprint density at radius 2 is 1.76 bits per heavy atom. The molecule has 0 amide bonds. The van der Waals surface area contributed by atoms with Crippen molar-refractivity contribution >= 4 is 12.0 Å². The van der Waals surface area contributed by atoms with Crippen molar-refractivity contribution in [3.8, 4) is 11.5 Å². The molecule has 1 N–H and O–H groups in total. The molecule has 0 bridgehead atoms. The molecule has 0 atom stereocenters. The maximum Gasteiger partial charge on any atom is 0.193 e. The number of piperidine rings is 1. The third-order valence-electron chi connectivity index (χ3n) is 5.23. The van der Waals surface area contributed by atoms with E-state index in [1.807, 2.05) is 19.2 Å². The molecule has 0 spiro atoms. The number of guanidine groups is 1. The summed E-state index contributed by atoms with van der Waals surface area (Å²) in [5, 5.41) is 3.50. The first kappa shape index (κ1) is 20.8. The monoisotopic (exact) mass is 393 g/mol. The van der Waals surface area contributed by atoms with E-state index < -0.39 is 0 Å². The molecule has 0 aliphatic carbocycles. The smallest absolute Gasteiger partial charge is 0.193 e. The van der Waals surface area contributed by atoms with Gasteiger partial charge in [0.1, 0.15) is 0 Å². The fourth-order valence-corrected chi connectivity index (χ4v) is 3.62. The van der Waals surface area contributed by atoms with Crippen LogP contribution in [0.2, 0.25) is 0 Å². The van der Waals surface area contributed by atoms with Crippen molar-refractivity contribution in [3.05, 3.63) is 65.2 Å². The Kier molecular flexibility index (Phi) is 7.56. The highest BCUT2D eigenvalue weighted by molar-refractivity contribution is 5.80. The van der Waals surface area contributed by atoms with Crippen molar-refractivity contribution in [1.82, 2.24) is 10.2 Å². The number of nitrogens with one attached hydrogen (secondary N) is 1. The minimum atomic E-state index is 0.757. The maximum absolute atomic E-state index is 5.39. The van der Waals surface area contributed by atoms with Crippen LogP contribution < -0.4 is 14.8 Å². The van der Waals surface area contributed by atoms with Gasteiger partial charge in [0.25, 0.3) is 0 Å². The first-order valence-corrected chi connectivity index (χ1v) is 10.1. The molecule has 5 heteroatoms. The molecular weight excluding hydrogens is 362 g/mol. The van der Waals surface area contributed by atoms with Crippen LogP contribution in [0.5, 0.6) is 11.5 Å². The lowest BCUT2D eigenvalue weighted by molar-refractivity contribution is 0.354. The van der Waals surface area contributed by atoms with Crippen LogP contribution in [0.1, 0.15) is 24.0 Å². The maximum atomic E-state index is 5.39. The van der Waals surface area contributed by atoms with Crippen molar-refractivity contribution in [1.29, 1.82) is 0 Å². The molecule has 1 fully saturated rings. The predicted octanol–water partition coefficient (Wildman–Crippen LogP) is 4.00. The topological polar surface area (TPSA) is 46.1 Å². The van der Waals surface area contributed by atoms with Gasteiger partial charge in [0.05, 0.1) is 14.2 Å². The van der Waals surface area contributed by atoms with Crippen molar-refractivity contribution in [2.24, 2.45) is 4.99 Å². The van der Waals surface area contributed by atoms with E-state index in [0.717, 1.165) is 56.4 Å². The molecule has 154 valence electrons. The van der Waals surface area contributed by atoms with Crippen LogP contribution in [-0.4, -0.2) is 51.8 Å². The Bertz CT molecular complexity index is 836. The molecule has 3 rings (SSSR count). The van der Waals surface area contributed by atoms with Crippen LogP contribution in [0.15, 0.2) is 59.1 Å². The van der Waals surface area contributed by atoms with Crippen LogP contribution >= 0.6 is 0 Å². The molecule has 1 saturated heterocycles. The van der Waals surface area contributed by atoms with E-state index in [4.69, 9.17) is 9.47 Å². The van der Waals surface area contributed by atoms with E-state index in [1.165, 1.54) is 16.7 Å². The predicted molar refractivity (Wildman–Crippen MR) is 120 cm³/mol. The highest BCUT2D eigenvalue weighted by atomic mass is 16.5. The SMILES string of the molecule is CN=C(NCCc1ccc(OC)c(OC)c1)N1CCC(=Cc2ccccc2)CC1. The van der Waals surface area contributed by atoms with E-state index in [2.05, 4.69) is 57.7 Å². The highest BCUT2D eigenvalue weighted by Gasteiger charge is 2.17. The van der Waals surface area contributed by atoms with Gasteiger partial charge in [-0.1, -0.05) is 48.0 Å². The van der Waals surface area contributed by atoms with Crippen LogP contribution in [0.3, 0.4) is 0 Å². The van der Waals surface area contributed by atoms with Gasteiger partial charge in [-0.25, -0.2) is 0 Å². The van der Waals surface area contributed by atoms with E-state index >= 15 is 0 Å². The number of rotatable bonds is 6. The molecule has 29 heavy (non-hydrogen) atoms. The van der Waals surface area contributed by atoms with Gasteiger partial charge in [-0.05, 0) is 42.5 Å². The average molecular weight is 394 g/mol. The minimum Gasteiger partial charge on any atom is -0.493 e. The second kappa shape index (κ2) is 10.6. The molecule has 1 aliphatic rings. The van der Waals surface area contributed by atoms with Crippen molar-refractivity contribution in [2.75, 3.05) is 40.9 Å². The highest BCUT2D eigenvalue weighted by Crippen LogP contribution is 2.27. The molecule has 2 aromatic rings. The largest absolute Gasteiger partial charge is 0.493 e. The standard InChI is InChI=1S/C24H31N3O2/c1-25-24(26-14-11-20-9-10-22(28-2)23(18-20)29-3)27-15-12-21(13-16-27)17-19-7-5-4-6-8-19/h4-10,17-18H,11-16H2,1-3H3,(H,25,26). The summed E-state index contributed by atoms with van der Waals surface area (Å²) in [5.74, 6) is 2.50. The Labute approximate surface area is 174 Å². The Morgan fingerprint density at radius 1 is 1.03 bits per heavy atom. The zero-order valence-electron chi connectivity index (χ0n) is 17.6. The van der Waals surface area contributed by atoms with Gasteiger partial charge in [0.2, 0.25) is 0 Å². The average Bonchev–Trinajstić information content (AvgIpc) is 2.78. The third kappa shape index (κ3) is 5.76. The number of hydrogen-bond donors (Lipinski definition) is 1. The van der Waals surface area contributed by atoms with Crippen molar-refractivity contribution in [3.63, 3.8) is 0 Å². The normalized spacial score (nSPS) is 14.5. The summed E-state index contributed by atoms with van der Waals surface area (Å²) in [6.07, 6.45) is 5.37. The molecule has 0 radical (unpaired) electrons. The first-order chi connectivity index (χ1) is 14.2. The van der Waals surface area contributed by atoms with Gasteiger partial charge in [0, 0.05) is 26.7 Å². The minimum absolute atomic E-state index is 0.757. The second-order valence-corrected chi connectivity index (χ2v) is 7.11. The van der Waals surface area contributed by atoms with E-state index in [1.54, 1.807) is 14.2 Å². The lowest BCUT2D eigenvalue weighted by Gasteiger charge is -2.31. The summed E-state index contributed by atoms with van der Waals surface area (Å²) in [7, 11) is 5.18. The van der Waals surface area contributed by atoms with Gasteiger partial charge in [-0.3, -0.25) is 4.99 Å². The van der Waals surface area contributed by atoms with Gasteiger partial charge < -0.3 is 19.7 Å². The summed E-state index contributed by atoms with van der Waals surface area (Å²) in [5.41, 5.74) is 4.00. The lowest BCUT2D eigenvalue weighted by atomic mass is 10.0. The van der Waals surface area contributed by atoms with Crippen LogP contribution in [0.25, 0.3) is 6.08 Å². The third-order valence-corrected chi connectivity index (χ3v) is 5.23. The van der Waals surface area contributed by atoms with E-state index in [0.29, 0.717) is 0 Å². The summed E-state index contributed by atoms with van der Waals surface area (Å²) >= 11 is 0. The summed E-state index contributed by atoms with van der Waals surface area (Å²) in [4.78, 5) is 6.82. The number of aliphatic imine (C=N–C) groups is 1. The zero-order chi connectivity index (χ0) is 20.5. The molecule has 1 aliphatic heterocycles. The lowest BCUT2D eigenvalue weighted by Crippen LogP contribution is -2.45. The number of ether oxygens (including phenoxy) is 2. The first-order valence-electron chi connectivity index (χ1n) is 10.1. The number of hydrogen-bond acceptors (Lipinski definition) is 3. The fourth-order valence-electron chi connectivity index (χ4n) is 3.62. The molecular formula is C24H31N3O2. The van der Waals surface area contributed by atoms with Crippen molar-refractivity contribution in [2.45, 2.75) is 19.3 Å². The molecule has 2 aromatic carbocycles. The number of nitrogens with zero attached hydrogens (tertiary/aromatic N) is 2. The summed E-state index contributed by atoms with van der Waals surface area (Å²) < 4.78 is 10.7. The number of benzene rings is 2. The second-order valence-electron chi connectivity index (χ2n) is 7.11. The molecule has 1 heterocycles. The molecule has 0 unspecified atom stereocenters. The molecule has 0 saturated carbocycles. The van der Waals surface area contributed by atoms with Crippen molar-refractivity contribution < 1.29 is 9.47 Å². The summed E-state index contributed by atoms with van der Waals surface area (Å²) in [6, 6.07) is 16.6. The summed E-state index contributed by atoms with van der Waals surface area (Å²) in [6.45, 7) is 2.81. The van der Waals surface area contributed by atoms with Crippen LogP contribution in [0, 0.1) is 0 Å². The molecule has 0 aromatic heterocycles. The quantitative estimate of drug-likeness (QED) is 0.595. The fraction of sp³-hybridized carbons (Fsp3) is 0.375.